The van der Waals surface area contributed by atoms with E-state index in [4.69, 9.17) is 4.74 Å². The van der Waals surface area contributed by atoms with Crippen LogP contribution in [-0.2, 0) is 9.53 Å². The monoisotopic (exact) mass is 249 g/mol. The molecule has 0 fully saturated rings. The lowest BCUT2D eigenvalue weighted by molar-refractivity contribution is -0.142. The molecule has 18 heavy (non-hydrogen) atoms. The molecular formula is C14H19NO3. The molecule has 0 amide bonds. The Morgan fingerprint density at radius 1 is 1.22 bits per heavy atom. The molecule has 1 aromatic rings. The van der Waals surface area contributed by atoms with Gasteiger partial charge in [-0.25, -0.2) is 0 Å². The van der Waals surface area contributed by atoms with E-state index in [0.717, 1.165) is 5.69 Å². The van der Waals surface area contributed by atoms with E-state index in [-0.39, 0.29) is 11.8 Å². The van der Waals surface area contributed by atoms with Crippen molar-refractivity contribution in [3.63, 3.8) is 0 Å². The molecule has 0 bridgehead atoms. The second kappa shape index (κ2) is 6.79. The van der Waals surface area contributed by atoms with E-state index in [2.05, 4.69) is 0 Å². The standard InChI is InChI=1S/C14H19NO3/c1-4-18-14(17)9-10-15(3)13-7-5-12(6-8-13)11(2)16/h5-8H,4,9-10H2,1-3H3. The van der Waals surface area contributed by atoms with E-state index in [0.29, 0.717) is 25.1 Å². The summed E-state index contributed by atoms with van der Waals surface area (Å²) in [6.07, 6.45) is 0.360. The van der Waals surface area contributed by atoms with Crippen molar-refractivity contribution in [3.8, 4) is 0 Å². The van der Waals surface area contributed by atoms with Gasteiger partial charge in [0, 0.05) is 24.8 Å². The van der Waals surface area contributed by atoms with Gasteiger partial charge in [0.25, 0.3) is 0 Å². The molecule has 1 aromatic carbocycles. The fourth-order valence-electron chi connectivity index (χ4n) is 1.57. The van der Waals surface area contributed by atoms with Gasteiger partial charge in [0.1, 0.15) is 0 Å². The van der Waals surface area contributed by atoms with E-state index in [9.17, 15) is 9.59 Å². The quantitative estimate of drug-likeness (QED) is 0.573. The number of benzene rings is 1. The largest absolute Gasteiger partial charge is 0.466 e. The smallest absolute Gasteiger partial charge is 0.307 e. The number of esters is 1. The number of hydrogen-bond acceptors (Lipinski definition) is 4. The Morgan fingerprint density at radius 3 is 2.33 bits per heavy atom. The predicted molar refractivity (Wildman–Crippen MR) is 71.0 cm³/mol. The minimum Gasteiger partial charge on any atom is -0.466 e. The zero-order chi connectivity index (χ0) is 13.5. The van der Waals surface area contributed by atoms with Crippen LogP contribution in [0.25, 0.3) is 0 Å². The van der Waals surface area contributed by atoms with E-state index >= 15 is 0 Å². The van der Waals surface area contributed by atoms with Gasteiger partial charge in [-0.3, -0.25) is 9.59 Å². The lowest BCUT2D eigenvalue weighted by atomic mass is 10.1. The fraction of sp³-hybridized carbons (Fsp3) is 0.429. The Labute approximate surface area is 108 Å². The summed E-state index contributed by atoms with van der Waals surface area (Å²) in [4.78, 5) is 24.3. The Hall–Kier alpha value is -1.84. The Kier molecular flexibility index (Phi) is 5.36. The van der Waals surface area contributed by atoms with Crippen LogP contribution in [0.3, 0.4) is 0 Å². The van der Waals surface area contributed by atoms with Gasteiger partial charge < -0.3 is 9.64 Å². The van der Waals surface area contributed by atoms with Gasteiger partial charge in [-0.2, -0.15) is 0 Å². The highest BCUT2D eigenvalue weighted by molar-refractivity contribution is 5.94. The second-order valence-corrected chi connectivity index (χ2v) is 4.08. The first-order valence-corrected chi connectivity index (χ1v) is 6.02. The van der Waals surface area contributed by atoms with Gasteiger partial charge in [0.2, 0.25) is 0 Å². The van der Waals surface area contributed by atoms with Crippen LogP contribution in [0.5, 0.6) is 0 Å². The summed E-state index contributed by atoms with van der Waals surface area (Å²) in [5.41, 5.74) is 1.67. The first-order valence-electron chi connectivity index (χ1n) is 6.02. The molecule has 4 nitrogen and oxygen atoms in total. The van der Waals surface area contributed by atoms with Crippen molar-refractivity contribution in [2.75, 3.05) is 25.1 Å². The number of ether oxygens (including phenoxy) is 1. The maximum atomic E-state index is 11.2. The summed E-state index contributed by atoms with van der Waals surface area (Å²) in [6, 6.07) is 7.33. The average Bonchev–Trinajstić information content (AvgIpc) is 2.36. The highest BCUT2D eigenvalue weighted by atomic mass is 16.5. The lowest BCUT2D eigenvalue weighted by Crippen LogP contribution is -2.22. The maximum Gasteiger partial charge on any atom is 0.307 e. The molecule has 0 heterocycles. The summed E-state index contributed by atoms with van der Waals surface area (Å²) in [5.74, 6) is -0.138. The highest BCUT2D eigenvalue weighted by Gasteiger charge is 2.06. The van der Waals surface area contributed by atoms with Crippen LogP contribution in [0.4, 0.5) is 5.69 Å². The first kappa shape index (κ1) is 14.2. The minimum atomic E-state index is -0.190. The summed E-state index contributed by atoms with van der Waals surface area (Å²) in [7, 11) is 1.90. The van der Waals surface area contributed by atoms with Crippen LogP contribution in [0.2, 0.25) is 0 Å². The molecule has 0 radical (unpaired) electrons. The Bertz CT molecular complexity index is 412. The van der Waals surface area contributed by atoms with Gasteiger partial charge in [-0.1, -0.05) is 0 Å². The molecule has 0 aliphatic heterocycles. The SMILES string of the molecule is CCOC(=O)CCN(C)c1ccc(C(C)=O)cc1. The van der Waals surface area contributed by atoms with Crippen molar-refractivity contribution in [3.05, 3.63) is 29.8 Å². The zero-order valence-electron chi connectivity index (χ0n) is 11.1. The number of anilines is 1. The van der Waals surface area contributed by atoms with Crippen molar-refractivity contribution in [2.24, 2.45) is 0 Å². The summed E-state index contributed by atoms with van der Waals surface area (Å²) in [5, 5.41) is 0. The molecule has 0 unspecified atom stereocenters. The van der Waals surface area contributed by atoms with E-state index in [1.807, 2.05) is 24.1 Å². The number of hydrogen-bond donors (Lipinski definition) is 0. The summed E-state index contributed by atoms with van der Waals surface area (Å²) < 4.78 is 4.87. The summed E-state index contributed by atoms with van der Waals surface area (Å²) in [6.45, 7) is 4.34. The molecule has 0 aliphatic carbocycles. The molecule has 0 saturated carbocycles. The third kappa shape index (κ3) is 4.20. The molecule has 0 spiro atoms. The average molecular weight is 249 g/mol. The van der Waals surface area contributed by atoms with Gasteiger partial charge >= 0.3 is 5.97 Å². The van der Waals surface area contributed by atoms with Crippen LogP contribution in [0.15, 0.2) is 24.3 Å². The van der Waals surface area contributed by atoms with Crippen LogP contribution < -0.4 is 4.90 Å². The van der Waals surface area contributed by atoms with Gasteiger partial charge in [-0.05, 0) is 38.1 Å². The van der Waals surface area contributed by atoms with Crippen molar-refractivity contribution < 1.29 is 14.3 Å². The van der Waals surface area contributed by atoms with E-state index < -0.39 is 0 Å². The minimum absolute atomic E-state index is 0.0516. The van der Waals surface area contributed by atoms with Crippen molar-refractivity contribution in [1.82, 2.24) is 0 Å². The number of carbonyl (C=O) groups excluding carboxylic acids is 2. The lowest BCUT2D eigenvalue weighted by Gasteiger charge is -2.18. The predicted octanol–water partition coefficient (Wildman–Crippen LogP) is 2.28. The number of Topliss-reactive ketones (excluding diaryl/α,β-unsaturated/α-hetero) is 1. The molecule has 0 aromatic heterocycles. The number of rotatable bonds is 6. The molecule has 0 aliphatic rings. The van der Waals surface area contributed by atoms with E-state index in [1.54, 1.807) is 26.0 Å². The van der Waals surface area contributed by atoms with E-state index in [1.165, 1.54) is 0 Å². The van der Waals surface area contributed by atoms with Crippen LogP contribution >= 0.6 is 0 Å². The van der Waals surface area contributed by atoms with Gasteiger partial charge in [0.15, 0.2) is 5.78 Å². The van der Waals surface area contributed by atoms with Crippen molar-refractivity contribution in [2.45, 2.75) is 20.3 Å². The second-order valence-electron chi connectivity index (χ2n) is 4.08. The number of carbonyl (C=O) groups is 2. The molecule has 98 valence electrons. The Balaban J connectivity index is 2.53. The third-order valence-corrected chi connectivity index (χ3v) is 2.67. The molecule has 0 saturated heterocycles. The van der Waals surface area contributed by atoms with Crippen LogP contribution in [0.1, 0.15) is 30.6 Å². The first-order chi connectivity index (χ1) is 8.54. The highest BCUT2D eigenvalue weighted by Crippen LogP contribution is 2.14. The van der Waals surface area contributed by atoms with Gasteiger partial charge in [0.05, 0.1) is 13.0 Å². The maximum absolute atomic E-state index is 11.2. The third-order valence-electron chi connectivity index (χ3n) is 2.67. The summed E-state index contributed by atoms with van der Waals surface area (Å²) >= 11 is 0. The van der Waals surface area contributed by atoms with Crippen molar-refractivity contribution >= 4 is 17.4 Å². The van der Waals surface area contributed by atoms with Gasteiger partial charge in [-0.15, -0.1) is 0 Å². The number of nitrogens with zero attached hydrogens (tertiary/aromatic N) is 1. The van der Waals surface area contributed by atoms with Crippen molar-refractivity contribution in [1.29, 1.82) is 0 Å². The Morgan fingerprint density at radius 2 is 1.83 bits per heavy atom. The van der Waals surface area contributed by atoms with Crippen LogP contribution in [0, 0.1) is 0 Å². The molecule has 0 atom stereocenters. The topological polar surface area (TPSA) is 46.6 Å². The molecular weight excluding hydrogens is 230 g/mol. The molecule has 4 heteroatoms. The molecule has 0 N–H and O–H groups in total. The number of ketones is 1. The zero-order valence-corrected chi connectivity index (χ0v) is 11.1. The van der Waals surface area contributed by atoms with Crippen LogP contribution in [-0.4, -0.2) is 32.0 Å². The molecule has 1 rings (SSSR count). The fourth-order valence-corrected chi connectivity index (χ4v) is 1.57. The normalized spacial score (nSPS) is 9.94.